The Morgan fingerprint density at radius 1 is 0.815 bits per heavy atom. The molecule has 0 heterocycles. The Morgan fingerprint density at radius 2 is 1.48 bits per heavy atom. The second-order valence-corrected chi connectivity index (χ2v) is 6.89. The molecule has 0 aromatic heterocycles. The summed E-state index contributed by atoms with van der Waals surface area (Å²) in [5.74, 6) is -0.338. The van der Waals surface area contributed by atoms with Crippen LogP contribution in [0.5, 0.6) is 0 Å². The molecule has 0 spiro atoms. The Labute approximate surface area is 166 Å². The lowest BCUT2D eigenvalue weighted by Crippen LogP contribution is -2.27. The maximum Gasteiger partial charge on any atom is 0.251 e. The number of halogens is 1. The number of rotatable bonds is 6. The van der Waals surface area contributed by atoms with Crippen LogP contribution in [0.1, 0.15) is 16.8 Å². The Hall–Kier alpha value is -2.92. The summed E-state index contributed by atoms with van der Waals surface area (Å²) in [6.45, 7) is 0.272. The first-order valence-corrected chi connectivity index (χ1v) is 9.41. The monoisotopic (exact) mass is 422 g/mol. The van der Waals surface area contributed by atoms with Gasteiger partial charge in [0, 0.05) is 34.3 Å². The topological polar surface area (TPSA) is 58.2 Å². The van der Waals surface area contributed by atoms with Crippen molar-refractivity contribution in [1.82, 2.24) is 5.32 Å². The molecule has 0 bridgehead atoms. The third kappa shape index (κ3) is 5.28. The first-order chi connectivity index (χ1) is 13.1. The summed E-state index contributed by atoms with van der Waals surface area (Å²) in [6, 6.07) is 24.6. The minimum Gasteiger partial charge on any atom is -0.352 e. The number of hydrogen-bond acceptors (Lipinski definition) is 2. The maximum atomic E-state index is 12.3. The summed E-state index contributed by atoms with van der Waals surface area (Å²) in [5.41, 5.74) is 3.32. The quantitative estimate of drug-likeness (QED) is 0.594. The molecule has 0 aliphatic carbocycles. The van der Waals surface area contributed by atoms with Gasteiger partial charge in [-0.1, -0.05) is 64.5 Å². The molecule has 0 aliphatic rings. The van der Waals surface area contributed by atoms with Crippen LogP contribution in [0.3, 0.4) is 0 Å². The minimum absolute atomic E-state index is 0.144. The number of benzene rings is 3. The zero-order chi connectivity index (χ0) is 19.1. The molecule has 27 heavy (non-hydrogen) atoms. The number of amides is 2. The summed E-state index contributed by atoms with van der Waals surface area (Å²) in [6.07, 6.45) is 0.200. The highest BCUT2D eigenvalue weighted by Crippen LogP contribution is 2.27. The van der Waals surface area contributed by atoms with Gasteiger partial charge in [-0.25, -0.2) is 0 Å². The molecule has 0 atom stereocenters. The van der Waals surface area contributed by atoms with Gasteiger partial charge in [0.1, 0.15) is 0 Å². The van der Waals surface area contributed by atoms with Crippen LogP contribution in [0.25, 0.3) is 11.1 Å². The van der Waals surface area contributed by atoms with Crippen LogP contribution >= 0.6 is 15.9 Å². The van der Waals surface area contributed by atoms with Gasteiger partial charge < -0.3 is 10.6 Å². The van der Waals surface area contributed by atoms with Crippen molar-refractivity contribution in [1.29, 1.82) is 0 Å². The zero-order valence-corrected chi connectivity index (χ0v) is 16.2. The number of anilines is 1. The predicted octanol–water partition coefficient (Wildman–Crippen LogP) is 4.87. The molecule has 0 radical (unpaired) electrons. The third-order valence-corrected chi connectivity index (χ3v) is 4.56. The lowest BCUT2D eigenvalue weighted by atomic mass is 10.0. The summed E-state index contributed by atoms with van der Waals surface area (Å²) < 4.78 is 0.913. The van der Waals surface area contributed by atoms with Crippen molar-refractivity contribution >= 4 is 33.4 Å². The van der Waals surface area contributed by atoms with Crippen molar-refractivity contribution in [2.75, 3.05) is 11.9 Å². The standard InChI is InChI=1S/C22H19BrN2O2/c23-18-12-10-17(11-13-18)22(27)24-15-14-21(26)25-20-9-5-4-8-19(20)16-6-2-1-3-7-16/h1-13H,14-15H2,(H,24,27)(H,25,26). The van der Waals surface area contributed by atoms with Crippen molar-refractivity contribution in [2.45, 2.75) is 6.42 Å². The van der Waals surface area contributed by atoms with E-state index in [1.807, 2.05) is 66.7 Å². The van der Waals surface area contributed by atoms with Crippen LogP contribution in [-0.2, 0) is 4.79 Å². The highest BCUT2D eigenvalue weighted by Gasteiger charge is 2.09. The smallest absolute Gasteiger partial charge is 0.251 e. The number of nitrogens with one attached hydrogen (secondary N) is 2. The first kappa shape index (κ1) is 18.9. The van der Waals surface area contributed by atoms with Gasteiger partial charge in [0.25, 0.3) is 5.91 Å². The van der Waals surface area contributed by atoms with Gasteiger partial charge in [-0.2, -0.15) is 0 Å². The first-order valence-electron chi connectivity index (χ1n) is 8.61. The molecule has 5 heteroatoms. The Morgan fingerprint density at radius 3 is 2.22 bits per heavy atom. The molecule has 3 rings (SSSR count). The molecule has 2 amide bonds. The zero-order valence-electron chi connectivity index (χ0n) is 14.6. The van der Waals surface area contributed by atoms with Crippen molar-refractivity contribution in [3.05, 3.63) is 88.9 Å². The summed E-state index contributed by atoms with van der Waals surface area (Å²) in [7, 11) is 0. The molecule has 3 aromatic carbocycles. The van der Waals surface area contributed by atoms with E-state index in [0.717, 1.165) is 21.3 Å². The van der Waals surface area contributed by atoms with E-state index in [0.29, 0.717) is 5.56 Å². The second-order valence-electron chi connectivity index (χ2n) is 5.97. The molecule has 0 unspecified atom stereocenters. The largest absolute Gasteiger partial charge is 0.352 e. The van der Waals surface area contributed by atoms with E-state index in [-0.39, 0.29) is 24.8 Å². The Bertz CT molecular complexity index is 925. The molecule has 0 saturated carbocycles. The number of carbonyl (C=O) groups is 2. The van der Waals surface area contributed by atoms with Gasteiger partial charge in [-0.15, -0.1) is 0 Å². The van der Waals surface area contributed by atoms with Crippen molar-refractivity contribution in [3.63, 3.8) is 0 Å². The molecular formula is C22H19BrN2O2. The minimum atomic E-state index is -0.194. The average Bonchev–Trinajstić information content (AvgIpc) is 2.69. The van der Waals surface area contributed by atoms with Crippen LogP contribution in [-0.4, -0.2) is 18.4 Å². The van der Waals surface area contributed by atoms with Crippen molar-refractivity contribution < 1.29 is 9.59 Å². The number of carbonyl (C=O) groups excluding carboxylic acids is 2. The Kier molecular flexibility index (Phi) is 6.39. The highest BCUT2D eigenvalue weighted by atomic mass is 79.9. The lowest BCUT2D eigenvalue weighted by Gasteiger charge is -2.11. The van der Waals surface area contributed by atoms with Gasteiger partial charge in [0.2, 0.25) is 5.91 Å². The van der Waals surface area contributed by atoms with Crippen LogP contribution in [0.15, 0.2) is 83.3 Å². The molecule has 0 fully saturated rings. The third-order valence-electron chi connectivity index (χ3n) is 4.03. The predicted molar refractivity (Wildman–Crippen MR) is 112 cm³/mol. The molecule has 0 saturated heterocycles. The van der Waals surface area contributed by atoms with Gasteiger partial charge in [0.05, 0.1) is 0 Å². The summed E-state index contributed by atoms with van der Waals surface area (Å²) in [4.78, 5) is 24.4. The molecule has 0 aliphatic heterocycles. The molecule has 3 aromatic rings. The SMILES string of the molecule is O=C(CCNC(=O)c1ccc(Br)cc1)Nc1ccccc1-c1ccccc1. The Balaban J connectivity index is 1.56. The number of hydrogen-bond donors (Lipinski definition) is 2. The molecular weight excluding hydrogens is 404 g/mol. The lowest BCUT2D eigenvalue weighted by molar-refractivity contribution is -0.116. The molecule has 4 nitrogen and oxygen atoms in total. The fraction of sp³-hybridized carbons (Fsp3) is 0.0909. The summed E-state index contributed by atoms with van der Waals surface area (Å²) in [5, 5.41) is 5.70. The van der Waals surface area contributed by atoms with Gasteiger partial charge in [0.15, 0.2) is 0 Å². The normalized spacial score (nSPS) is 10.3. The maximum absolute atomic E-state index is 12.3. The van der Waals surface area contributed by atoms with E-state index in [4.69, 9.17) is 0 Å². The van der Waals surface area contributed by atoms with Crippen LogP contribution in [0.4, 0.5) is 5.69 Å². The van der Waals surface area contributed by atoms with E-state index in [2.05, 4.69) is 26.6 Å². The molecule has 136 valence electrons. The van der Waals surface area contributed by atoms with Crippen LogP contribution in [0.2, 0.25) is 0 Å². The van der Waals surface area contributed by atoms with Gasteiger partial charge in [-0.05, 0) is 35.9 Å². The van der Waals surface area contributed by atoms with Gasteiger partial charge >= 0.3 is 0 Å². The van der Waals surface area contributed by atoms with Crippen LogP contribution in [0, 0.1) is 0 Å². The second kappa shape index (κ2) is 9.14. The fourth-order valence-electron chi connectivity index (χ4n) is 2.67. The fourth-order valence-corrected chi connectivity index (χ4v) is 2.93. The van der Waals surface area contributed by atoms with E-state index >= 15 is 0 Å². The van der Waals surface area contributed by atoms with E-state index < -0.39 is 0 Å². The van der Waals surface area contributed by atoms with E-state index in [1.54, 1.807) is 12.1 Å². The molecule has 2 N–H and O–H groups in total. The van der Waals surface area contributed by atoms with Crippen molar-refractivity contribution in [2.24, 2.45) is 0 Å². The van der Waals surface area contributed by atoms with Crippen molar-refractivity contribution in [3.8, 4) is 11.1 Å². The number of para-hydroxylation sites is 1. The van der Waals surface area contributed by atoms with E-state index in [9.17, 15) is 9.59 Å². The van der Waals surface area contributed by atoms with Gasteiger partial charge in [-0.3, -0.25) is 9.59 Å². The summed E-state index contributed by atoms with van der Waals surface area (Å²) >= 11 is 3.34. The van der Waals surface area contributed by atoms with E-state index in [1.165, 1.54) is 0 Å². The highest BCUT2D eigenvalue weighted by molar-refractivity contribution is 9.10. The average molecular weight is 423 g/mol. The van der Waals surface area contributed by atoms with Crippen LogP contribution < -0.4 is 10.6 Å².